The zero-order valence-electron chi connectivity index (χ0n) is 6.93. The third kappa shape index (κ3) is 3.91. The van der Waals surface area contributed by atoms with E-state index in [0.29, 0.717) is 16.2 Å². The molecule has 1 aromatic carbocycles. The Balaban J connectivity index is 2.97. The van der Waals surface area contributed by atoms with E-state index in [0.717, 1.165) is 5.56 Å². The summed E-state index contributed by atoms with van der Waals surface area (Å²) in [6.45, 7) is -1.07. The minimum Gasteiger partial charge on any atom is -0.307 e. The van der Waals surface area contributed by atoms with Gasteiger partial charge in [-0.1, -0.05) is 40.5 Å². The van der Waals surface area contributed by atoms with Crippen LogP contribution >= 0.6 is 40.9 Å². The SMILES string of the molecule is C[P@](=O)(Cl)Cc1ccc(Cl)cc1Cl. The zero-order valence-corrected chi connectivity index (χ0v) is 10.1. The van der Waals surface area contributed by atoms with Crippen molar-refractivity contribution in [3.05, 3.63) is 33.8 Å². The molecule has 13 heavy (non-hydrogen) atoms. The number of rotatable bonds is 2. The van der Waals surface area contributed by atoms with Gasteiger partial charge in [0.2, 0.25) is 0 Å². The number of benzene rings is 1. The van der Waals surface area contributed by atoms with E-state index >= 15 is 0 Å². The Morgan fingerprint density at radius 3 is 2.46 bits per heavy atom. The first-order valence-corrected chi connectivity index (χ1v) is 7.58. The summed E-state index contributed by atoms with van der Waals surface area (Å²) in [5.41, 5.74) is 0.770. The summed E-state index contributed by atoms with van der Waals surface area (Å²) in [6, 6.07) is 5.06. The van der Waals surface area contributed by atoms with Gasteiger partial charge in [-0.05, 0) is 17.7 Å². The molecule has 0 unspecified atom stereocenters. The average Bonchev–Trinajstić information content (AvgIpc) is 1.93. The highest BCUT2D eigenvalue weighted by atomic mass is 35.7. The molecule has 0 fully saturated rings. The molecule has 0 bridgehead atoms. The third-order valence-electron chi connectivity index (χ3n) is 1.47. The van der Waals surface area contributed by atoms with Crippen molar-refractivity contribution in [2.24, 2.45) is 0 Å². The van der Waals surface area contributed by atoms with Crippen molar-refractivity contribution in [1.82, 2.24) is 0 Å². The fraction of sp³-hybridized carbons (Fsp3) is 0.250. The van der Waals surface area contributed by atoms with Gasteiger partial charge in [-0.15, -0.1) is 0 Å². The van der Waals surface area contributed by atoms with E-state index in [1.165, 1.54) is 6.66 Å². The van der Waals surface area contributed by atoms with Crippen LogP contribution in [-0.4, -0.2) is 6.66 Å². The maximum Gasteiger partial charge on any atom is 0.170 e. The zero-order chi connectivity index (χ0) is 10.1. The molecule has 0 aliphatic rings. The Bertz CT molecular complexity index is 358. The lowest BCUT2D eigenvalue weighted by molar-refractivity contribution is 0.587. The minimum absolute atomic E-state index is 0.296. The Morgan fingerprint density at radius 1 is 1.38 bits per heavy atom. The lowest BCUT2D eigenvalue weighted by atomic mass is 10.2. The monoisotopic (exact) mass is 256 g/mol. The van der Waals surface area contributed by atoms with Gasteiger partial charge in [-0.2, -0.15) is 0 Å². The first kappa shape index (κ1) is 11.4. The highest BCUT2D eigenvalue weighted by Crippen LogP contribution is 2.51. The molecule has 0 spiro atoms. The molecule has 0 saturated carbocycles. The van der Waals surface area contributed by atoms with Gasteiger partial charge in [0.25, 0.3) is 0 Å². The van der Waals surface area contributed by atoms with E-state index in [4.69, 9.17) is 34.4 Å². The largest absolute Gasteiger partial charge is 0.307 e. The molecule has 1 nitrogen and oxygen atoms in total. The maximum absolute atomic E-state index is 11.3. The van der Waals surface area contributed by atoms with Crippen molar-refractivity contribution < 1.29 is 4.57 Å². The Kier molecular flexibility index (Phi) is 3.71. The van der Waals surface area contributed by atoms with Crippen LogP contribution in [0.25, 0.3) is 0 Å². The quantitative estimate of drug-likeness (QED) is 0.705. The van der Waals surface area contributed by atoms with Gasteiger partial charge < -0.3 is 4.57 Å². The summed E-state index contributed by atoms with van der Waals surface area (Å²) in [6.07, 6.45) is 0.296. The number of hydrogen-bond donors (Lipinski definition) is 0. The van der Waals surface area contributed by atoms with Crippen molar-refractivity contribution in [3.63, 3.8) is 0 Å². The Hall–Kier alpha value is 0.320. The van der Waals surface area contributed by atoms with Crippen LogP contribution < -0.4 is 0 Å². The molecule has 72 valence electrons. The van der Waals surface area contributed by atoms with Crippen molar-refractivity contribution in [2.75, 3.05) is 6.66 Å². The molecule has 0 aliphatic carbocycles. The number of hydrogen-bond acceptors (Lipinski definition) is 1. The summed E-state index contributed by atoms with van der Waals surface area (Å²) in [5.74, 6) is 0. The fourth-order valence-corrected chi connectivity index (χ4v) is 2.79. The standard InChI is InChI=1S/C8H8Cl3OP/c1-13(11,12)5-6-2-3-7(9)4-8(6)10/h2-4H,5H2,1H3/t13-/m1/s1. The van der Waals surface area contributed by atoms with E-state index < -0.39 is 6.49 Å². The van der Waals surface area contributed by atoms with Gasteiger partial charge in [0.05, 0.1) is 0 Å². The van der Waals surface area contributed by atoms with Gasteiger partial charge in [0.1, 0.15) is 0 Å². The molecule has 0 amide bonds. The second-order valence-electron chi connectivity index (χ2n) is 2.88. The molecule has 0 aliphatic heterocycles. The summed E-state index contributed by atoms with van der Waals surface area (Å²) in [7, 11) is 0. The van der Waals surface area contributed by atoms with E-state index in [1.807, 2.05) is 0 Å². The smallest absolute Gasteiger partial charge is 0.170 e. The van der Waals surface area contributed by atoms with E-state index in [1.54, 1.807) is 18.2 Å². The summed E-state index contributed by atoms with van der Waals surface area (Å²) < 4.78 is 11.3. The van der Waals surface area contributed by atoms with Crippen LogP contribution in [0, 0.1) is 0 Å². The highest BCUT2D eigenvalue weighted by molar-refractivity contribution is 7.87. The normalized spacial score (nSPS) is 15.4. The topological polar surface area (TPSA) is 17.1 Å². The van der Waals surface area contributed by atoms with E-state index in [9.17, 15) is 4.57 Å². The molecule has 1 atom stereocenters. The van der Waals surface area contributed by atoms with Crippen molar-refractivity contribution in [2.45, 2.75) is 6.16 Å². The predicted octanol–water partition coefficient (Wildman–Crippen LogP) is 4.64. The molecule has 5 heteroatoms. The lowest BCUT2D eigenvalue weighted by Crippen LogP contribution is -1.84. The van der Waals surface area contributed by atoms with Crippen LogP contribution in [0.15, 0.2) is 18.2 Å². The van der Waals surface area contributed by atoms with Crippen molar-refractivity contribution in [1.29, 1.82) is 0 Å². The number of halogens is 3. The van der Waals surface area contributed by atoms with E-state index in [-0.39, 0.29) is 0 Å². The van der Waals surface area contributed by atoms with Crippen molar-refractivity contribution in [3.8, 4) is 0 Å². The molecule has 0 radical (unpaired) electrons. The molecular weight excluding hydrogens is 249 g/mol. The van der Waals surface area contributed by atoms with Gasteiger partial charge in [0.15, 0.2) is 6.49 Å². The second-order valence-corrected chi connectivity index (χ2v) is 8.16. The van der Waals surface area contributed by atoms with Crippen LogP contribution in [0.1, 0.15) is 5.56 Å². The maximum atomic E-state index is 11.3. The van der Waals surface area contributed by atoms with Crippen LogP contribution in [0.5, 0.6) is 0 Å². The Labute approximate surface area is 92.2 Å². The Morgan fingerprint density at radius 2 is 2.00 bits per heavy atom. The van der Waals surface area contributed by atoms with Crippen LogP contribution in [0.2, 0.25) is 10.0 Å². The van der Waals surface area contributed by atoms with Gasteiger partial charge in [0, 0.05) is 22.9 Å². The molecule has 0 heterocycles. The molecule has 0 saturated heterocycles. The highest BCUT2D eigenvalue weighted by Gasteiger charge is 2.13. The first-order valence-electron chi connectivity index (χ1n) is 3.58. The molecule has 1 rings (SSSR count). The van der Waals surface area contributed by atoms with Crippen LogP contribution in [0.4, 0.5) is 0 Å². The molecular formula is C8H8Cl3OP. The fourth-order valence-electron chi connectivity index (χ4n) is 0.954. The molecule has 1 aromatic rings. The van der Waals surface area contributed by atoms with Gasteiger partial charge >= 0.3 is 0 Å². The minimum atomic E-state index is -2.58. The van der Waals surface area contributed by atoms with Gasteiger partial charge in [-0.3, -0.25) is 0 Å². The van der Waals surface area contributed by atoms with Crippen LogP contribution in [0.3, 0.4) is 0 Å². The molecule has 0 N–H and O–H groups in total. The van der Waals surface area contributed by atoms with Crippen molar-refractivity contribution >= 4 is 40.9 Å². The lowest BCUT2D eigenvalue weighted by Gasteiger charge is -2.06. The first-order chi connectivity index (χ1) is 5.88. The summed E-state index contributed by atoms with van der Waals surface area (Å²) in [5, 5.41) is 1.07. The third-order valence-corrected chi connectivity index (χ3v) is 3.32. The summed E-state index contributed by atoms with van der Waals surface area (Å²) in [4.78, 5) is 0. The second kappa shape index (κ2) is 4.23. The van der Waals surface area contributed by atoms with E-state index in [2.05, 4.69) is 0 Å². The van der Waals surface area contributed by atoms with Gasteiger partial charge in [-0.25, -0.2) is 0 Å². The summed E-state index contributed by atoms with van der Waals surface area (Å²) >= 11 is 17.2. The van der Waals surface area contributed by atoms with Crippen LogP contribution in [-0.2, 0) is 10.7 Å². The molecule has 0 aromatic heterocycles. The average molecular weight is 257 g/mol. The predicted molar refractivity (Wildman–Crippen MR) is 59.5 cm³/mol.